The number of ether oxygens (including phenoxy) is 1. The lowest BCUT2D eigenvalue weighted by Gasteiger charge is -2.29. The molecule has 13 nitrogen and oxygen atoms in total. The van der Waals surface area contributed by atoms with Gasteiger partial charge in [-0.15, -0.1) is 9.19 Å². The molecule has 16 heteroatoms. The van der Waals surface area contributed by atoms with Gasteiger partial charge >= 0.3 is 6.01 Å². The van der Waals surface area contributed by atoms with Crippen LogP contribution in [0.3, 0.4) is 0 Å². The molecule has 2 fully saturated rings. The highest BCUT2D eigenvalue weighted by Gasteiger charge is 2.29. The van der Waals surface area contributed by atoms with Gasteiger partial charge in [0, 0.05) is 60.1 Å². The van der Waals surface area contributed by atoms with Crippen LogP contribution >= 0.6 is 11.6 Å². The van der Waals surface area contributed by atoms with Gasteiger partial charge in [0.1, 0.15) is 23.4 Å². The summed E-state index contributed by atoms with van der Waals surface area (Å²) in [6.45, 7) is 5.90. The Balaban J connectivity index is 1.11. The number of halogens is 2. The molecule has 2 aliphatic rings. The van der Waals surface area contributed by atoms with Crippen molar-refractivity contribution in [1.82, 2.24) is 34.4 Å². The van der Waals surface area contributed by atoms with E-state index in [1.807, 2.05) is 4.90 Å². The third-order valence-corrected chi connectivity index (χ3v) is 9.72. The van der Waals surface area contributed by atoms with E-state index in [1.165, 1.54) is 36.8 Å². The van der Waals surface area contributed by atoms with Gasteiger partial charge in [-0.05, 0) is 37.1 Å². The molecule has 1 saturated heterocycles. The van der Waals surface area contributed by atoms with Gasteiger partial charge in [0.25, 0.3) is 15.9 Å². The van der Waals surface area contributed by atoms with Gasteiger partial charge in [-0.3, -0.25) is 9.78 Å². The Morgan fingerprint density at radius 3 is 2.56 bits per heavy atom. The summed E-state index contributed by atoms with van der Waals surface area (Å²) in [5.41, 5.74) is 1.32. The molecule has 1 amide bonds. The number of rotatable bonds is 10. The van der Waals surface area contributed by atoms with Crippen molar-refractivity contribution in [2.45, 2.75) is 23.7 Å². The number of amides is 1. The summed E-state index contributed by atoms with van der Waals surface area (Å²) in [5, 5.41) is 10.7. The van der Waals surface area contributed by atoms with Crippen molar-refractivity contribution >= 4 is 55.0 Å². The molecule has 0 spiro atoms. The summed E-state index contributed by atoms with van der Waals surface area (Å²) in [6, 6.07) is 12.4. The zero-order valence-electron chi connectivity index (χ0n) is 25.4. The topological polar surface area (TPSA) is 157 Å². The molecule has 2 aromatic carbocycles. The van der Waals surface area contributed by atoms with Crippen LogP contribution in [0.5, 0.6) is 6.01 Å². The second-order valence-electron chi connectivity index (χ2n) is 11.3. The summed E-state index contributed by atoms with van der Waals surface area (Å²) < 4.78 is 48.7. The van der Waals surface area contributed by atoms with Gasteiger partial charge in [0.2, 0.25) is 0 Å². The Kier molecular flexibility index (Phi) is 8.49. The molecule has 1 aliphatic heterocycles. The molecule has 0 unspecified atom stereocenters. The van der Waals surface area contributed by atoms with Crippen LogP contribution in [0.1, 0.15) is 30.1 Å². The van der Waals surface area contributed by atoms with Crippen LogP contribution in [0.15, 0.2) is 72.5 Å². The van der Waals surface area contributed by atoms with Gasteiger partial charge < -0.3 is 20.3 Å². The van der Waals surface area contributed by atoms with Gasteiger partial charge in [-0.2, -0.15) is 18.4 Å². The number of hydrogen-bond donors (Lipinski definition) is 2. The molecule has 246 valence electrons. The SMILES string of the molecule is C=C(Cl)c1ccccc1-c1ncc2c(N3CCNCC3)nc(OCC(=O)Nc3ccc(S(=O)(=O)n4cnc(C5CC5)n4)cc3)nc2c1F. The first kappa shape index (κ1) is 31.6. The number of aromatic nitrogens is 6. The zero-order chi connectivity index (χ0) is 33.4. The number of benzene rings is 2. The van der Waals surface area contributed by atoms with E-state index < -0.39 is 28.4 Å². The number of nitrogens with zero attached hydrogens (tertiary/aromatic N) is 7. The lowest BCUT2D eigenvalue weighted by Crippen LogP contribution is -2.44. The van der Waals surface area contributed by atoms with Crippen molar-refractivity contribution in [3.63, 3.8) is 0 Å². The number of piperazine rings is 1. The molecule has 5 aromatic rings. The lowest BCUT2D eigenvalue weighted by molar-refractivity contribution is -0.118. The average Bonchev–Trinajstić information content (AvgIpc) is 3.83. The number of carbonyl (C=O) groups is 1. The fourth-order valence-corrected chi connectivity index (χ4v) is 6.59. The van der Waals surface area contributed by atoms with Crippen LogP contribution in [0.2, 0.25) is 0 Å². The summed E-state index contributed by atoms with van der Waals surface area (Å²) in [4.78, 5) is 32.3. The average molecular weight is 690 g/mol. The van der Waals surface area contributed by atoms with E-state index in [1.54, 1.807) is 24.3 Å². The minimum atomic E-state index is -3.94. The predicted octanol–water partition coefficient (Wildman–Crippen LogP) is 4.17. The first-order valence-electron chi connectivity index (χ1n) is 15.1. The van der Waals surface area contributed by atoms with E-state index in [4.69, 9.17) is 16.3 Å². The molecule has 0 bridgehead atoms. The zero-order valence-corrected chi connectivity index (χ0v) is 27.0. The maximum Gasteiger partial charge on any atom is 0.319 e. The first-order chi connectivity index (χ1) is 23.2. The number of fused-ring (bicyclic) bond motifs is 1. The number of pyridine rings is 1. The highest BCUT2D eigenvalue weighted by atomic mass is 35.5. The molecule has 0 radical (unpaired) electrons. The third kappa shape index (κ3) is 6.31. The molecule has 1 saturated carbocycles. The maximum absolute atomic E-state index is 16.2. The third-order valence-electron chi connectivity index (χ3n) is 7.98. The molecule has 7 rings (SSSR count). The Morgan fingerprint density at radius 2 is 1.83 bits per heavy atom. The normalized spacial score (nSPS) is 15.0. The van der Waals surface area contributed by atoms with Crippen molar-refractivity contribution in [1.29, 1.82) is 0 Å². The summed E-state index contributed by atoms with van der Waals surface area (Å²) in [5.74, 6) is -0.105. The quantitative estimate of drug-likeness (QED) is 0.217. The molecule has 1 aliphatic carbocycles. The van der Waals surface area contributed by atoms with Crippen LogP contribution in [0.25, 0.3) is 27.2 Å². The number of nitrogens with one attached hydrogen (secondary N) is 2. The molecule has 4 heterocycles. The fourth-order valence-electron chi connectivity index (χ4n) is 5.37. The van der Waals surface area contributed by atoms with Crippen LogP contribution in [-0.4, -0.2) is 76.2 Å². The highest BCUT2D eigenvalue weighted by Crippen LogP contribution is 2.38. The lowest BCUT2D eigenvalue weighted by atomic mass is 10.0. The largest absolute Gasteiger partial charge is 0.453 e. The van der Waals surface area contributed by atoms with E-state index >= 15 is 4.39 Å². The second-order valence-corrected chi connectivity index (χ2v) is 13.6. The smallest absolute Gasteiger partial charge is 0.319 e. The van der Waals surface area contributed by atoms with Crippen molar-refractivity contribution in [2.75, 3.05) is 43.0 Å². The second kappa shape index (κ2) is 12.9. The van der Waals surface area contributed by atoms with E-state index in [-0.39, 0.29) is 33.1 Å². The summed E-state index contributed by atoms with van der Waals surface area (Å²) >= 11 is 6.20. The molecular weight excluding hydrogens is 661 g/mol. The van der Waals surface area contributed by atoms with Gasteiger partial charge in [-0.1, -0.05) is 42.4 Å². The molecule has 3 aromatic heterocycles. The summed E-state index contributed by atoms with van der Waals surface area (Å²) in [6.07, 6.45) is 4.61. The monoisotopic (exact) mass is 689 g/mol. The minimum Gasteiger partial charge on any atom is -0.453 e. The van der Waals surface area contributed by atoms with Crippen LogP contribution in [-0.2, 0) is 14.8 Å². The van der Waals surface area contributed by atoms with E-state index in [9.17, 15) is 13.2 Å². The van der Waals surface area contributed by atoms with Crippen LogP contribution in [0, 0.1) is 5.82 Å². The molecule has 0 atom stereocenters. The van der Waals surface area contributed by atoms with Crippen molar-refractivity contribution < 1.29 is 22.3 Å². The Bertz CT molecular complexity index is 2150. The number of hydrogen-bond acceptors (Lipinski definition) is 11. The van der Waals surface area contributed by atoms with Gasteiger partial charge in [0.15, 0.2) is 18.2 Å². The van der Waals surface area contributed by atoms with Crippen molar-refractivity contribution in [3.05, 3.63) is 84.8 Å². The van der Waals surface area contributed by atoms with Crippen molar-refractivity contribution in [2.24, 2.45) is 0 Å². The maximum atomic E-state index is 16.2. The first-order valence-corrected chi connectivity index (χ1v) is 17.0. The number of anilines is 2. The summed E-state index contributed by atoms with van der Waals surface area (Å²) in [7, 11) is -3.94. The molecular formula is C32H29ClFN9O4S. The van der Waals surface area contributed by atoms with E-state index in [0.717, 1.165) is 16.9 Å². The Hall–Kier alpha value is -4.99. The predicted molar refractivity (Wildman–Crippen MR) is 178 cm³/mol. The highest BCUT2D eigenvalue weighted by molar-refractivity contribution is 7.89. The molecule has 48 heavy (non-hydrogen) atoms. The standard InChI is InChI=1S/C32H29ClFN9O4S/c1-19(33)23-4-2-3-5-24(23)28-27(34)29-25(16-36-28)31(42-14-12-35-13-15-42)40-32(39-29)47-17-26(44)38-21-8-10-22(11-9-21)48(45,46)43-18-37-30(41-43)20-6-7-20/h2-5,8-11,16,18,20,35H,1,6-7,12-15,17H2,(H,38,44). The number of carbonyl (C=O) groups excluding carboxylic acids is 1. The minimum absolute atomic E-state index is 0.0112. The van der Waals surface area contributed by atoms with Gasteiger partial charge in [-0.25, -0.2) is 9.37 Å². The van der Waals surface area contributed by atoms with E-state index in [2.05, 4.69) is 42.2 Å². The Morgan fingerprint density at radius 1 is 1.08 bits per heavy atom. The van der Waals surface area contributed by atoms with Crippen LogP contribution in [0.4, 0.5) is 15.9 Å². The Labute approximate surface area is 279 Å². The van der Waals surface area contributed by atoms with Crippen LogP contribution < -0.4 is 20.3 Å². The fraction of sp³-hybridized carbons (Fsp3) is 0.250. The van der Waals surface area contributed by atoms with E-state index in [0.29, 0.717) is 60.0 Å². The van der Waals surface area contributed by atoms with Crippen molar-refractivity contribution in [3.8, 4) is 17.3 Å². The van der Waals surface area contributed by atoms with Gasteiger partial charge in [0.05, 0.1) is 10.3 Å². The molecule has 2 N–H and O–H groups in total.